The number of nitrogens with zero attached hydrogens (tertiary/aromatic N) is 2. The first kappa shape index (κ1) is 22.3. The molecule has 28 heavy (non-hydrogen) atoms. The summed E-state index contributed by atoms with van der Waals surface area (Å²) in [5.41, 5.74) is 2.80. The Balaban J connectivity index is 2.07. The fourth-order valence-electron chi connectivity index (χ4n) is 2.87. The standard InChI is InChI=1S/C21H26N2O3S2/c1-3-4-5-6-7-10-15-28(24,25)26-23-21-19(13-14-27-21)20(16-22)18-12-9-8-11-17(18)2/h8-9,11-14H,3-7,10,15H2,1-2H3. The lowest BCUT2D eigenvalue weighted by molar-refractivity contribution is 0.339. The number of allylic oxidation sites excluding steroid dienone is 2. The summed E-state index contributed by atoms with van der Waals surface area (Å²) in [6.45, 7) is 4.07. The van der Waals surface area contributed by atoms with Crippen molar-refractivity contribution in [3.8, 4) is 6.07 Å². The van der Waals surface area contributed by atoms with Gasteiger partial charge >= 0.3 is 10.1 Å². The Morgan fingerprint density at radius 3 is 2.61 bits per heavy atom. The smallest absolute Gasteiger partial charge is 0.267 e. The van der Waals surface area contributed by atoms with Crippen LogP contribution in [0.5, 0.6) is 0 Å². The van der Waals surface area contributed by atoms with Crippen LogP contribution in [0.1, 0.15) is 56.6 Å². The van der Waals surface area contributed by atoms with Crippen LogP contribution in [0.25, 0.3) is 5.57 Å². The maximum absolute atomic E-state index is 12.1. The molecule has 0 aromatic heterocycles. The van der Waals surface area contributed by atoms with Gasteiger partial charge in [-0.1, -0.05) is 80.2 Å². The molecule has 0 unspecified atom stereocenters. The number of hydrogen-bond donors (Lipinski definition) is 0. The summed E-state index contributed by atoms with van der Waals surface area (Å²) >= 11 is 1.24. The van der Waals surface area contributed by atoms with E-state index < -0.39 is 10.1 Å². The van der Waals surface area contributed by atoms with Crippen molar-refractivity contribution in [2.45, 2.75) is 52.4 Å². The molecular formula is C21H26N2O3S2. The highest BCUT2D eigenvalue weighted by Crippen LogP contribution is 2.32. The van der Waals surface area contributed by atoms with Crippen molar-refractivity contribution in [2.24, 2.45) is 5.16 Å². The largest absolute Gasteiger partial charge is 0.328 e. The van der Waals surface area contributed by atoms with Crippen LogP contribution in [-0.2, 0) is 14.4 Å². The lowest BCUT2D eigenvalue weighted by Gasteiger charge is -2.07. The number of benzene rings is 1. The summed E-state index contributed by atoms with van der Waals surface area (Å²) in [4.78, 5) is 0. The molecule has 0 N–H and O–H groups in total. The lowest BCUT2D eigenvalue weighted by atomic mass is 9.97. The molecule has 1 heterocycles. The van der Waals surface area contributed by atoms with Gasteiger partial charge in [-0.05, 0) is 36.0 Å². The zero-order valence-electron chi connectivity index (χ0n) is 16.3. The third-order valence-corrected chi connectivity index (χ3v) is 6.30. The quantitative estimate of drug-likeness (QED) is 0.283. The van der Waals surface area contributed by atoms with E-state index in [0.29, 0.717) is 22.6 Å². The van der Waals surface area contributed by atoms with Gasteiger partial charge in [0.15, 0.2) is 0 Å². The molecule has 0 spiro atoms. The lowest BCUT2D eigenvalue weighted by Crippen LogP contribution is -2.09. The predicted octanol–water partition coefficient (Wildman–Crippen LogP) is 5.55. The molecule has 0 aliphatic carbocycles. The van der Waals surface area contributed by atoms with Crippen LogP contribution in [-0.4, -0.2) is 19.2 Å². The maximum atomic E-state index is 12.1. The molecule has 1 aromatic rings. The van der Waals surface area contributed by atoms with Crippen molar-refractivity contribution >= 4 is 32.5 Å². The average molecular weight is 419 g/mol. The molecule has 1 aliphatic heterocycles. The summed E-state index contributed by atoms with van der Waals surface area (Å²) in [5.74, 6) is -0.0457. The number of unbranched alkanes of at least 4 members (excludes halogenated alkanes) is 5. The summed E-state index contributed by atoms with van der Waals surface area (Å²) < 4.78 is 29.1. The average Bonchev–Trinajstić information content (AvgIpc) is 3.13. The van der Waals surface area contributed by atoms with Crippen molar-refractivity contribution < 1.29 is 12.7 Å². The van der Waals surface area contributed by atoms with E-state index in [1.165, 1.54) is 18.2 Å². The molecule has 0 atom stereocenters. The minimum Gasteiger partial charge on any atom is -0.267 e. The molecule has 150 valence electrons. The summed E-state index contributed by atoms with van der Waals surface area (Å²) in [6, 6.07) is 9.78. The molecule has 0 saturated heterocycles. The van der Waals surface area contributed by atoms with E-state index in [9.17, 15) is 13.7 Å². The van der Waals surface area contributed by atoms with Gasteiger partial charge in [0.2, 0.25) is 0 Å². The van der Waals surface area contributed by atoms with Gasteiger partial charge in [-0.25, -0.2) is 0 Å². The molecule has 0 fully saturated rings. The molecule has 1 aromatic carbocycles. The third kappa shape index (κ3) is 6.54. The number of rotatable bonds is 10. The fraction of sp³-hybridized carbons (Fsp3) is 0.429. The van der Waals surface area contributed by atoms with E-state index >= 15 is 0 Å². The number of aryl methyl sites for hydroxylation is 1. The van der Waals surface area contributed by atoms with Crippen molar-refractivity contribution in [2.75, 3.05) is 5.75 Å². The molecule has 0 amide bonds. The van der Waals surface area contributed by atoms with Gasteiger partial charge in [-0.15, -0.1) is 0 Å². The Kier molecular flexibility index (Phi) is 8.81. The van der Waals surface area contributed by atoms with Gasteiger partial charge in [0.25, 0.3) is 0 Å². The van der Waals surface area contributed by atoms with Crippen molar-refractivity contribution in [1.29, 1.82) is 5.26 Å². The Morgan fingerprint density at radius 1 is 1.18 bits per heavy atom. The summed E-state index contributed by atoms with van der Waals surface area (Å²) in [5, 5.41) is 15.7. The second kappa shape index (κ2) is 11.1. The van der Waals surface area contributed by atoms with Crippen molar-refractivity contribution in [1.82, 2.24) is 0 Å². The first-order valence-electron chi connectivity index (χ1n) is 9.51. The van der Waals surface area contributed by atoms with E-state index in [1.54, 1.807) is 11.5 Å². The highest BCUT2D eigenvalue weighted by Gasteiger charge is 2.20. The molecular weight excluding hydrogens is 392 g/mol. The molecule has 1 aliphatic rings. The van der Waals surface area contributed by atoms with E-state index in [2.05, 4.69) is 18.1 Å². The number of thioether (sulfide) groups is 1. The van der Waals surface area contributed by atoms with Crippen LogP contribution in [0.2, 0.25) is 0 Å². The van der Waals surface area contributed by atoms with E-state index in [4.69, 9.17) is 4.28 Å². The second-order valence-electron chi connectivity index (χ2n) is 6.64. The Labute approximate surface area is 172 Å². The number of nitriles is 1. The van der Waals surface area contributed by atoms with Gasteiger partial charge in [0, 0.05) is 5.57 Å². The first-order valence-corrected chi connectivity index (χ1v) is 12.0. The van der Waals surface area contributed by atoms with Crippen LogP contribution in [0, 0.1) is 18.3 Å². The second-order valence-corrected chi connectivity index (χ2v) is 9.20. The molecule has 0 bridgehead atoms. The summed E-state index contributed by atoms with van der Waals surface area (Å²) in [6.07, 6.45) is 7.70. The van der Waals surface area contributed by atoms with Crippen molar-refractivity contribution in [3.05, 3.63) is 52.4 Å². The highest BCUT2D eigenvalue weighted by molar-refractivity contribution is 8.17. The number of oxime groups is 1. The van der Waals surface area contributed by atoms with Crippen LogP contribution in [0.3, 0.4) is 0 Å². The monoisotopic (exact) mass is 418 g/mol. The maximum Gasteiger partial charge on any atom is 0.328 e. The minimum atomic E-state index is -3.72. The predicted molar refractivity (Wildman–Crippen MR) is 116 cm³/mol. The van der Waals surface area contributed by atoms with E-state index in [1.807, 2.05) is 31.2 Å². The van der Waals surface area contributed by atoms with Gasteiger partial charge < -0.3 is 0 Å². The van der Waals surface area contributed by atoms with Crippen molar-refractivity contribution in [3.63, 3.8) is 0 Å². The van der Waals surface area contributed by atoms with Gasteiger partial charge in [0.05, 0.1) is 11.3 Å². The van der Waals surface area contributed by atoms with E-state index in [-0.39, 0.29) is 5.75 Å². The topological polar surface area (TPSA) is 79.5 Å². The molecule has 0 radical (unpaired) electrons. The minimum absolute atomic E-state index is 0.0457. The Morgan fingerprint density at radius 2 is 1.89 bits per heavy atom. The molecule has 5 nitrogen and oxygen atoms in total. The highest BCUT2D eigenvalue weighted by atomic mass is 32.2. The molecule has 2 rings (SSSR count). The first-order chi connectivity index (χ1) is 13.5. The SMILES string of the molecule is CCCCCCCCS(=O)(=O)ON=C1SC=CC1=C(C#N)c1ccccc1C. The van der Waals surface area contributed by atoms with Gasteiger partial charge in [-0.2, -0.15) is 13.7 Å². The van der Waals surface area contributed by atoms with E-state index in [0.717, 1.165) is 36.8 Å². The van der Waals surface area contributed by atoms with Crippen LogP contribution in [0.4, 0.5) is 0 Å². The van der Waals surface area contributed by atoms with Gasteiger partial charge in [0.1, 0.15) is 11.1 Å². The third-order valence-electron chi connectivity index (χ3n) is 4.42. The van der Waals surface area contributed by atoms with Gasteiger partial charge in [-0.3, -0.25) is 4.28 Å². The zero-order valence-corrected chi connectivity index (χ0v) is 18.0. The van der Waals surface area contributed by atoms with Crippen LogP contribution >= 0.6 is 11.8 Å². The molecule has 7 heteroatoms. The fourth-order valence-corrected chi connectivity index (χ4v) is 4.45. The Bertz CT molecular complexity index is 910. The number of hydrogen-bond acceptors (Lipinski definition) is 6. The normalized spacial score (nSPS) is 17.0. The molecule has 0 saturated carbocycles. The van der Waals surface area contributed by atoms with Crippen LogP contribution in [0.15, 0.2) is 46.5 Å². The zero-order chi connectivity index (χ0) is 20.4. The Hall–Kier alpha value is -2.04. The summed E-state index contributed by atoms with van der Waals surface area (Å²) in [7, 11) is -3.72. The van der Waals surface area contributed by atoms with Crippen LogP contribution < -0.4 is 0 Å².